The average molecular weight is 377 g/mol. The van der Waals surface area contributed by atoms with E-state index in [4.69, 9.17) is 10.00 Å². The monoisotopic (exact) mass is 376 g/mol. The van der Waals surface area contributed by atoms with Gasteiger partial charge in [0.25, 0.3) is 0 Å². The number of rotatable bonds is 5. The number of nitrogens with zero attached hydrogens (tertiary/aromatic N) is 2. The number of likely N-dealkylation sites (tertiary alicyclic amines) is 1. The van der Waals surface area contributed by atoms with Crippen molar-refractivity contribution in [2.24, 2.45) is 5.92 Å². The molecule has 1 saturated heterocycles. The SMILES string of the molecule is COc1ccc2cc(C(=O)C3CCCN(C4CCCC4)C3)ccc2c1CC#N. The van der Waals surface area contributed by atoms with E-state index in [0.717, 1.165) is 53.6 Å². The highest BCUT2D eigenvalue weighted by Gasteiger charge is 2.31. The normalized spacial score (nSPS) is 20.9. The smallest absolute Gasteiger partial charge is 0.167 e. The Bertz CT molecular complexity index is 909. The quantitative estimate of drug-likeness (QED) is 0.707. The predicted molar refractivity (Wildman–Crippen MR) is 111 cm³/mol. The molecule has 2 fully saturated rings. The third kappa shape index (κ3) is 3.64. The van der Waals surface area contributed by atoms with Crippen molar-refractivity contribution in [3.8, 4) is 11.8 Å². The third-order valence-corrected chi connectivity index (χ3v) is 6.51. The lowest BCUT2D eigenvalue weighted by molar-refractivity contribution is 0.0757. The molecule has 2 aromatic carbocycles. The molecule has 1 saturated carbocycles. The van der Waals surface area contributed by atoms with Gasteiger partial charge in [-0.05, 0) is 55.1 Å². The van der Waals surface area contributed by atoms with Crippen LogP contribution in [0.1, 0.15) is 54.4 Å². The molecule has 1 aliphatic heterocycles. The number of fused-ring (bicyclic) bond motifs is 1. The summed E-state index contributed by atoms with van der Waals surface area (Å²) >= 11 is 0. The summed E-state index contributed by atoms with van der Waals surface area (Å²) in [6.07, 6.45) is 7.65. The van der Waals surface area contributed by atoms with Crippen LogP contribution in [0.2, 0.25) is 0 Å². The summed E-state index contributed by atoms with van der Waals surface area (Å²) in [6.45, 7) is 2.05. The minimum absolute atomic E-state index is 0.101. The van der Waals surface area contributed by atoms with Crippen molar-refractivity contribution in [1.29, 1.82) is 5.26 Å². The lowest BCUT2D eigenvalue weighted by Crippen LogP contribution is -2.43. The van der Waals surface area contributed by atoms with Gasteiger partial charge in [0.2, 0.25) is 0 Å². The van der Waals surface area contributed by atoms with Crippen molar-refractivity contribution < 1.29 is 9.53 Å². The number of ketones is 1. The number of benzene rings is 2. The molecule has 2 aliphatic rings. The molecule has 1 unspecified atom stereocenters. The van der Waals surface area contributed by atoms with E-state index in [-0.39, 0.29) is 11.7 Å². The summed E-state index contributed by atoms with van der Waals surface area (Å²) in [5.41, 5.74) is 1.69. The van der Waals surface area contributed by atoms with Crippen LogP contribution in [0.4, 0.5) is 0 Å². The second-order valence-corrected chi connectivity index (χ2v) is 8.15. The summed E-state index contributed by atoms with van der Waals surface area (Å²) in [6, 6.07) is 12.7. The molecule has 4 heteroatoms. The van der Waals surface area contributed by atoms with E-state index in [9.17, 15) is 4.79 Å². The van der Waals surface area contributed by atoms with Crippen molar-refractivity contribution in [2.75, 3.05) is 20.2 Å². The summed E-state index contributed by atoms with van der Waals surface area (Å²) in [7, 11) is 1.62. The molecule has 1 atom stereocenters. The maximum Gasteiger partial charge on any atom is 0.167 e. The fraction of sp³-hybridized carbons (Fsp3) is 0.500. The molecule has 0 amide bonds. The molecule has 0 bridgehead atoms. The fourth-order valence-corrected chi connectivity index (χ4v) is 5.04. The average Bonchev–Trinajstić information content (AvgIpc) is 3.28. The Hall–Kier alpha value is -2.38. The lowest BCUT2D eigenvalue weighted by Gasteiger charge is -2.36. The van der Waals surface area contributed by atoms with E-state index < -0.39 is 0 Å². The number of Topliss-reactive ketones (excluding diaryl/α,β-unsaturated/α-hetero) is 1. The van der Waals surface area contributed by atoms with E-state index in [1.54, 1.807) is 7.11 Å². The van der Waals surface area contributed by atoms with E-state index in [2.05, 4.69) is 11.0 Å². The zero-order valence-corrected chi connectivity index (χ0v) is 16.6. The number of carbonyl (C=O) groups excluding carboxylic acids is 1. The number of piperidine rings is 1. The second kappa shape index (κ2) is 8.32. The van der Waals surface area contributed by atoms with E-state index in [1.807, 2.05) is 30.3 Å². The van der Waals surface area contributed by atoms with Crippen molar-refractivity contribution in [3.63, 3.8) is 0 Å². The molecule has 0 aromatic heterocycles. The predicted octanol–water partition coefficient (Wildman–Crippen LogP) is 4.75. The zero-order valence-electron chi connectivity index (χ0n) is 16.6. The zero-order chi connectivity index (χ0) is 19.5. The first-order chi connectivity index (χ1) is 13.7. The topological polar surface area (TPSA) is 53.3 Å². The molecule has 1 aliphatic carbocycles. The van der Waals surface area contributed by atoms with Crippen LogP contribution in [0.25, 0.3) is 10.8 Å². The Morgan fingerprint density at radius 2 is 2.00 bits per heavy atom. The van der Waals surface area contributed by atoms with Crippen LogP contribution in [0.15, 0.2) is 30.3 Å². The second-order valence-electron chi connectivity index (χ2n) is 8.15. The Morgan fingerprint density at radius 1 is 1.18 bits per heavy atom. The summed E-state index contributed by atoms with van der Waals surface area (Å²) in [4.78, 5) is 15.8. The maximum atomic E-state index is 13.2. The van der Waals surface area contributed by atoms with Crippen molar-refractivity contribution >= 4 is 16.6 Å². The minimum atomic E-state index is 0.101. The molecule has 0 N–H and O–H groups in total. The molecular weight excluding hydrogens is 348 g/mol. The van der Waals surface area contributed by atoms with E-state index >= 15 is 0 Å². The first-order valence-corrected chi connectivity index (χ1v) is 10.5. The Labute approximate surface area is 167 Å². The molecule has 146 valence electrons. The molecule has 4 nitrogen and oxygen atoms in total. The molecule has 2 aromatic rings. The van der Waals surface area contributed by atoms with Gasteiger partial charge < -0.3 is 4.74 Å². The summed E-state index contributed by atoms with van der Waals surface area (Å²) in [5.74, 6) is 1.10. The van der Waals surface area contributed by atoms with Crippen LogP contribution in [0.5, 0.6) is 5.75 Å². The van der Waals surface area contributed by atoms with Gasteiger partial charge in [0, 0.05) is 29.6 Å². The highest BCUT2D eigenvalue weighted by atomic mass is 16.5. The van der Waals surface area contributed by atoms with Crippen molar-refractivity contribution in [1.82, 2.24) is 4.90 Å². The van der Waals surface area contributed by atoms with Crippen molar-refractivity contribution in [2.45, 2.75) is 51.0 Å². The van der Waals surface area contributed by atoms with E-state index in [0.29, 0.717) is 12.5 Å². The van der Waals surface area contributed by atoms with E-state index in [1.165, 1.54) is 25.7 Å². The van der Waals surface area contributed by atoms with Gasteiger partial charge in [-0.1, -0.05) is 31.0 Å². The Kier molecular flexibility index (Phi) is 5.64. The van der Waals surface area contributed by atoms with Crippen LogP contribution in [-0.4, -0.2) is 36.9 Å². The van der Waals surface area contributed by atoms with Crippen LogP contribution in [-0.2, 0) is 6.42 Å². The number of hydrogen-bond donors (Lipinski definition) is 0. The Morgan fingerprint density at radius 3 is 2.75 bits per heavy atom. The number of ether oxygens (including phenoxy) is 1. The van der Waals surface area contributed by atoms with Gasteiger partial charge in [-0.2, -0.15) is 5.26 Å². The molecule has 28 heavy (non-hydrogen) atoms. The van der Waals surface area contributed by atoms with Gasteiger partial charge in [0.15, 0.2) is 5.78 Å². The first kappa shape index (κ1) is 19.0. The first-order valence-electron chi connectivity index (χ1n) is 10.5. The molecule has 0 spiro atoms. The lowest BCUT2D eigenvalue weighted by atomic mass is 9.88. The molecule has 4 rings (SSSR count). The minimum Gasteiger partial charge on any atom is -0.496 e. The maximum absolute atomic E-state index is 13.2. The van der Waals surface area contributed by atoms with Gasteiger partial charge >= 0.3 is 0 Å². The summed E-state index contributed by atoms with van der Waals surface area (Å²) in [5, 5.41) is 11.2. The fourth-order valence-electron chi connectivity index (χ4n) is 5.04. The van der Waals surface area contributed by atoms with Crippen LogP contribution < -0.4 is 4.74 Å². The number of carbonyl (C=O) groups is 1. The van der Waals surface area contributed by atoms with Crippen LogP contribution in [0.3, 0.4) is 0 Å². The highest BCUT2D eigenvalue weighted by molar-refractivity contribution is 6.02. The molecule has 0 radical (unpaired) electrons. The number of methoxy groups -OCH3 is 1. The van der Waals surface area contributed by atoms with Gasteiger partial charge in [0.1, 0.15) is 5.75 Å². The number of nitriles is 1. The van der Waals surface area contributed by atoms with Crippen LogP contribution in [0, 0.1) is 17.2 Å². The molecule has 1 heterocycles. The standard InChI is InChI=1S/C24H28N2O2/c1-28-23-11-9-17-15-18(8-10-21(17)22(23)12-13-25)24(27)19-5-4-14-26(16-19)20-6-2-3-7-20/h8-11,15,19-20H,2-7,12,14,16H2,1H3. The number of hydrogen-bond acceptors (Lipinski definition) is 4. The van der Waals surface area contributed by atoms with Crippen LogP contribution >= 0.6 is 0 Å². The van der Waals surface area contributed by atoms with Gasteiger partial charge in [0.05, 0.1) is 19.6 Å². The highest BCUT2D eigenvalue weighted by Crippen LogP contribution is 2.32. The van der Waals surface area contributed by atoms with Gasteiger partial charge in [-0.3, -0.25) is 9.69 Å². The third-order valence-electron chi connectivity index (χ3n) is 6.51. The van der Waals surface area contributed by atoms with Gasteiger partial charge in [-0.15, -0.1) is 0 Å². The molecular formula is C24H28N2O2. The Balaban J connectivity index is 1.58. The van der Waals surface area contributed by atoms with Crippen molar-refractivity contribution in [3.05, 3.63) is 41.5 Å². The largest absolute Gasteiger partial charge is 0.496 e. The summed E-state index contributed by atoms with van der Waals surface area (Å²) < 4.78 is 5.42. The van der Waals surface area contributed by atoms with Gasteiger partial charge in [-0.25, -0.2) is 0 Å².